The van der Waals surface area contributed by atoms with Crippen molar-refractivity contribution < 1.29 is 4.79 Å². The topological polar surface area (TPSA) is 59.8 Å². The Labute approximate surface area is 164 Å². The first-order chi connectivity index (χ1) is 13.1. The molecule has 5 nitrogen and oxygen atoms in total. The molecule has 0 unspecified atom stereocenters. The zero-order chi connectivity index (χ0) is 19.2. The summed E-state index contributed by atoms with van der Waals surface area (Å²) >= 11 is 1.64. The number of carbonyl (C=O) groups excluding carboxylic acids is 1. The normalized spacial score (nSPS) is 12.0. The molecule has 0 aliphatic carbocycles. The number of aromatic nitrogens is 3. The Morgan fingerprint density at radius 1 is 1.11 bits per heavy atom. The first-order valence-electron chi connectivity index (χ1n) is 9.07. The number of thioether (sulfide) groups is 1. The van der Waals surface area contributed by atoms with Crippen LogP contribution in [0.1, 0.15) is 43.3 Å². The predicted octanol–water partition coefficient (Wildman–Crippen LogP) is 4.46. The number of aryl methyl sites for hydroxylation is 1. The van der Waals surface area contributed by atoms with Crippen LogP contribution in [0.5, 0.6) is 0 Å². The standard InChI is InChI=1S/C21H24N4OS/c1-4-19(26)22-16(3)20-23-24-21(27-14-17-8-6-5-7-9-17)25(20)18-12-10-15(2)11-13-18/h5-13,16H,4,14H2,1-3H3,(H,22,26)/t16-/m1/s1. The molecule has 1 amide bonds. The molecule has 0 radical (unpaired) electrons. The fourth-order valence-corrected chi connectivity index (χ4v) is 3.64. The van der Waals surface area contributed by atoms with Crippen LogP contribution in [0, 0.1) is 6.92 Å². The average molecular weight is 381 g/mol. The van der Waals surface area contributed by atoms with Gasteiger partial charge in [-0.3, -0.25) is 9.36 Å². The van der Waals surface area contributed by atoms with E-state index in [-0.39, 0.29) is 11.9 Å². The van der Waals surface area contributed by atoms with Crippen molar-refractivity contribution in [1.29, 1.82) is 0 Å². The van der Waals surface area contributed by atoms with E-state index in [0.29, 0.717) is 6.42 Å². The maximum Gasteiger partial charge on any atom is 0.220 e. The van der Waals surface area contributed by atoms with E-state index in [4.69, 9.17) is 0 Å². The van der Waals surface area contributed by atoms with Gasteiger partial charge in [0.05, 0.1) is 6.04 Å². The summed E-state index contributed by atoms with van der Waals surface area (Å²) in [7, 11) is 0. The SMILES string of the molecule is CCC(=O)N[C@H](C)c1nnc(SCc2ccccc2)n1-c1ccc(C)cc1. The van der Waals surface area contributed by atoms with Crippen LogP contribution in [0.2, 0.25) is 0 Å². The molecule has 0 saturated carbocycles. The highest BCUT2D eigenvalue weighted by Gasteiger charge is 2.20. The minimum absolute atomic E-state index is 0.000514. The molecule has 0 fully saturated rings. The lowest BCUT2D eigenvalue weighted by Crippen LogP contribution is -2.27. The van der Waals surface area contributed by atoms with Crippen LogP contribution in [0.3, 0.4) is 0 Å². The smallest absolute Gasteiger partial charge is 0.220 e. The summed E-state index contributed by atoms with van der Waals surface area (Å²) in [5, 5.41) is 12.6. The zero-order valence-electron chi connectivity index (χ0n) is 15.8. The second kappa shape index (κ2) is 8.86. The first kappa shape index (κ1) is 19.2. The first-order valence-corrected chi connectivity index (χ1v) is 10.1. The molecular formula is C21H24N4OS. The van der Waals surface area contributed by atoms with Crippen molar-refractivity contribution in [1.82, 2.24) is 20.1 Å². The minimum atomic E-state index is -0.225. The third-order valence-corrected chi connectivity index (χ3v) is 5.25. The van der Waals surface area contributed by atoms with Crippen molar-refractivity contribution in [3.05, 3.63) is 71.5 Å². The molecule has 3 aromatic rings. The minimum Gasteiger partial charge on any atom is -0.346 e. The van der Waals surface area contributed by atoms with Crippen molar-refractivity contribution in [2.75, 3.05) is 0 Å². The summed E-state index contributed by atoms with van der Waals surface area (Å²) in [5.74, 6) is 1.54. The Kier molecular flexibility index (Phi) is 6.29. The average Bonchev–Trinajstić information content (AvgIpc) is 3.11. The predicted molar refractivity (Wildman–Crippen MR) is 109 cm³/mol. The summed E-state index contributed by atoms with van der Waals surface area (Å²) in [4.78, 5) is 11.8. The van der Waals surface area contributed by atoms with Gasteiger partial charge in [0.1, 0.15) is 0 Å². The highest BCUT2D eigenvalue weighted by Crippen LogP contribution is 2.27. The number of carbonyl (C=O) groups is 1. The van der Waals surface area contributed by atoms with Gasteiger partial charge in [-0.05, 0) is 31.5 Å². The van der Waals surface area contributed by atoms with Crippen LogP contribution >= 0.6 is 11.8 Å². The number of amides is 1. The second-order valence-corrected chi connectivity index (χ2v) is 7.37. The summed E-state index contributed by atoms with van der Waals surface area (Å²) < 4.78 is 2.04. The van der Waals surface area contributed by atoms with E-state index in [1.807, 2.05) is 36.6 Å². The number of nitrogens with one attached hydrogen (secondary N) is 1. The van der Waals surface area contributed by atoms with Gasteiger partial charge in [-0.15, -0.1) is 10.2 Å². The van der Waals surface area contributed by atoms with E-state index in [9.17, 15) is 4.79 Å². The fourth-order valence-electron chi connectivity index (χ4n) is 2.72. The number of nitrogens with zero attached hydrogens (tertiary/aromatic N) is 3. The molecule has 1 atom stereocenters. The lowest BCUT2D eigenvalue weighted by Gasteiger charge is -2.16. The van der Waals surface area contributed by atoms with Crippen molar-refractivity contribution in [3.8, 4) is 5.69 Å². The molecule has 2 aromatic carbocycles. The molecule has 1 heterocycles. The van der Waals surface area contributed by atoms with Gasteiger partial charge in [0, 0.05) is 17.9 Å². The van der Waals surface area contributed by atoms with Crippen LogP contribution < -0.4 is 5.32 Å². The number of benzene rings is 2. The van der Waals surface area contributed by atoms with Crippen molar-refractivity contribution in [3.63, 3.8) is 0 Å². The molecule has 1 aromatic heterocycles. The summed E-state index contributed by atoms with van der Waals surface area (Å²) in [5.41, 5.74) is 3.42. The van der Waals surface area contributed by atoms with Crippen LogP contribution in [0.15, 0.2) is 59.8 Å². The molecule has 140 valence electrons. The Hall–Kier alpha value is -2.60. The van der Waals surface area contributed by atoms with E-state index in [1.165, 1.54) is 11.1 Å². The molecular weight excluding hydrogens is 356 g/mol. The van der Waals surface area contributed by atoms with Crippen molar-refractivity contribution in [2.24, 2.45) is 0 Å². The van der Waals surface area contributed by atoms with E-state index in [1.54, 1.807) is 11.8 Å². The quantitative estimate of drug-likeness (QED) is 0.615. The van der Waals surface area contributed by atoms with Crippen LogP contribution in [-0.4, -0.2) is 20.7 Å². The van der Waals surface area contributed by atoms with E-state index < -0.39 is 0 Å². The summed E-state index contributed by atoms with van der Waals surface area (Å²) in [6.45, 7) is 5.84. The molecule has 0 saturated heterocycles. The van der Waals surface area contributed by atoms with E-state index in [0.717, 1.165) is 22.4 Å². The number of hydrogen-bond donors (Lipinski definition) is 1. The van der Waals surface area contributed by atoms with Gasteiger partial charge >= 0.3 is 0 Å². The van der Waals surface area contributed by atoms with Crippen LogP contribution in [0.4, 0.5) is 0 Å². The number of rotatable bonds is 7. The van der Waals surface area contributed by atoms with Gasteiger partial charge in [-0.1, -0.05) is 66.7 Å². The van der Waals surface area contributed by atoms with Gasteiger partial charge in [0.25, 0.3) is 0 Å². The molecule has 0 aliphatic rings. The van der Waals surface area contributed by atoms with Gasteiger partial charge in [0.2, 0.25) is 5.91 Å². The second-order valence-electron chi connectivity index (χ2n) is 6.43. The largest absolute Gasteiger partial charge is 0.346 e. The van der Waals surface area contributed by atoms with E-state index >= 15 is 0 Å². The van der Waals surface area contributed by atoms with Gasteiger partial charge in [-0.25, -0.2) is 0 Å². The monoisotopic (exact) mass is 380 g/mol. The Bertz CT molecular complexity index is 890. The Morgan fingerprint density at radius 2 is 1.81 bits per heavy atom. The summed E-state index contributed by atoms with van der Waals surface area (Å²) in [6, 6.07) is 18.3. The molecule has 0 aliphatic heterocycles. The van der Waals surface area contributed by atoms with Crippen LogP contribution in [0.25, 0.3) is 5.69 Å². The van der Waals surface area contributed by atoms with Crippen LogP contribution in [-0.2, 0) is 10.5 Å². The maximum absolute atomic E-state index is 11.8. The zero-order valence-corrected chi connectivity index (χ0v) is 16.7. The maximum atomic E-state index is 11.8. The molecule has 1 N–H and O–H groups in total. The molecule has 6 heteroatoms. The van der Waals surface area contributed by atoms with Gasteiger partial charge < -0.3 is 5.32 Å². The lowest BCUT2D eigenvalue weighted by molar-refractivity contribution is -0.121. The Morgan fingerprint density at radius 3 is 2.48 bits per heavy atom. The van der Waals surface area contributed by atoms with E-state index in [2.05, 4.69) is 58.8 Å². The van der Waals surface area contributed by atoms with Crippen molar-refractivity contribution >= 4 is 17.7 Å². The highest BCUT2D eigenvalue weighted by molar-refractivity contribution is 7.98. The third kappa shape index (κ3) is 4.77. The molecule has 3 rings (SSSR count). The Balaban J connectivity index is 1.92. The third-order valence-electron chi connectivity index (χ3n) is 4.25. The molecule has 27 heavy (non-hydrogen) atoms. The number of hydrogen-bond acceptors (Lipinski definition) is 4. The van der Waals surface area contributed by atoms with Gasteiger partial charge in [0.15, 0.2) is 11.0 Å². The highest BCUT2D eigenvalue weighted by atomic mass is 32.2. The van der Waals surface area contributed by atoms with Gasteiger partial charge in [-0.2, -0.15) is 0 Å². The van der Waals surface area contributed by atoms with Crippen molar-refractivity contribution in [2.45, 2.75) is 44.1 Å². The molecule has 0 spiro atoms. The fraction of sp³-hybridized carbons (Fsp3) is 0.286. The molecule has 0 bridgehead atoms. The summed E-state index contributed by atoms with van der Waals surface area (Å²) in [6.07, 6.45) is 0.443. The lowest BCUT2D eigenvalue weighted by atomic mass is 10.2.